The highest BCUT2D eigenvalue weighted by molar-refractivity contribution is 6.30. The summed E-state index contributed by atoms with van der Waals surface area (Å²) in [7, 11) is 0. The third kappa shape index (κ3) is 6.01. The average molecular weight is 366 g/mol. The molecule has 2 nitrogen and oxygen atoms in total. The highest BCUT2D eigenvalue weighted by Crippen LogP contribution is 2.21. The van der Waals surface area contributed by atoms with Crippen LogP contribution in [0.1, 0.15) is 18.4 Å². The molecular formula is C20H25Cl2NO. The van der Waals surface area contributed by atoms with Crippen molar-refractivity contribution < 1.29 is 4.74 Å². The molecule has 1 saturated heterocycles. The summed E-state index contributed by atoms with van der Waals surface area (Å²) >= 11 is 5.88. The first-order chi connectivity index (χ1) is 11.3. The zero-order chi connectivity index (χ0) is 15.9. The van der Waals surface area contributed by atoms with E-state index in [0.717, 1.165) is 29.8 Å². The van der Waals surface area contributed by atoms with Crippen molar-refractivity contribution >= 4 is 24.0 Å². The summed E-state index contributed by atoms with van der Waals surface area (Å²) in [5.41, 5.74) is 1.47. The second-order valence-corrected chi connectivity index (χ2v) is 6.71. The molecule has 1 aliphatic heterocycles. The Morgan fingerprint density at radius 1 is 0.958 bits per heavy atom. The molecule has 2 aromatic rings. The summed E-state index contributed by atoms with van der Waals surface area (Å²) in [6, 6.07) is 18.4. The quantitative estimate of drug-likeness (QED) is 0.706. The summed E-state index contributed by atoms with van der Waals surface area (Å²) in [4.78, 5) is 2.51. The number of hydrogen-bond acceptors (Lipinski definition) is 2. The topological polar surface area (TPSA) is 12.5 Å². The van der Waals surface area contributed by atoms with Crippen LogP contribution in [0.4, 0.5) is 0 Å². The van der Waals surface area contributed by atoms with Gasteiger partial charge >= 0.3 is 0 Å². The zero-order valence-corrected chi connectivity index (χ0v) is 15.4. The molecule has 1 aliphatic rings. The first-order valence-corrected chi connectivity index (χ1v) is 8.82. The molecule has 0 radical (unpaired) electrons. The Labute approximate surface area is 156 Å². The van der Waals surface area contributed by atoms with Gasteiger partial charge in [0.2, 0.25) is 0 Å². The van der Waals surface area contributed by atoms with Crippen molar-refractivity contribution in [2.45, 2.75) is 19.3 Å². The van der Waals surface area contributed by atoms with E-state index in [9.17, 15) is 0 Å². The van der Waals surface area contributed by atoms with Gasteiger partial charge < -0.3 is 4.74 Å². The second-order valence-electron chi connectivity index (χ2n) is 6.28. The zero-order valence-electron chi connectivity index (χ0n) is 13.9. The van der Waals surface area contributed by atoms with E-state index >= 15 is 0 Å². The Balaban J connectivity index is 0.00000208. The number of likely N-dealkylation sites (tertiary alicyclic amines) is 1. The largest absolute Gasteiger partial charge is 0.492 e. The van der Waals surface area contributed by atoms with Gasteiger partial charge in [-0.05, 0) is 68.1 Å². The van der Waals surface area contributed by atoms with E-state index < -0.39 is 0 Å². The molecular weight excluding hydrogens is 341 g/mol. The number of piperidine rings is 1. The molecule has 0 aliphatic carbocycles. The van der Waals surface area contributed by atoms with E-state index in [1.54, 1.807) is 0 Å². The van der Waals surface area contributed by atoms with Crippen LogP contribution in [0.3, 0.4) is 0 Å². The van der Waals surface area contributed by atoms with Gasteiger partial charge in [0.25, 0.3) is 0 Å². The van der Waals surface area contributed by atoms with Crippen LogP contribution in [0, 0.1) is 5.92 Å². The van der Waals surface area contributed by atoms with E-state index in [0.29, 0.717) is 0 Å². The predicted molar refractivity (Wildman–Crippen MR) is 104 cm³/mol. The maximum absolute atomic E-state index is 5.88. The Bertz CT molecular complexity index is 580. The van der Waals surface area contributed by atoms with Crippen LogP contribution in [0.5, 0.6) is 5.75 Å². The first kappa shape index (κ1) is 19.1. The van der Waals surface area contributed by atoms with Gasteiger partial charge in [0, 0.05) is 11.6 Å². The van der Waals surface area contributed by atoms with Gasteiger partial charge in [0.15, 0.2) is 0 Å². The molecule has 130 valence electrons. The molecule has 0 amide bonds. The minimum Gasteiger partial charge on any atom is -0.492 e. The number of benzene rings is 2. The van der Waals surface area contributed by atoms with Crippen molar-refractivity contribution in [3.8, 4) is 5.75 Å². The number of rotatable bonds is 6. The molecule has 24 heavy (non-hydrogen) atoms. The summed E-state index contributed by atoms with van der Waals surface area (Å²) in [6.45, 7) is 4.11. The molecule has 0 saturated carbocycles. The molecule has 4 heteroatoms. The van der Waals surface area contributed by atoms with Gasteiger partial charge in [0.1, 0.15) is 12.4 Å². The third-order valence-corrected chi connectivity index (χ3v) is 4.82. The van der Waals surface area contributed by atoms with E-state index in [-0.39, 0.29) is 12.4 Å². The molecule has 0 spiro atoms. The van der Waals surface area contributed by atoms with Gasteiger partial charge in [0.05, 0.1) is 0 Å². The molecule has 0 aromatic heterocycles. The standard InChI is InChI=1S/C20H24ClNO.ClH/c21-19-6-8-20(9-7-19)23-15-14-22-12-10-18(11-13-22)16-17-4-2-1-3-5-17;/h1-9,18H,10-16H2;1H. The average Bonchev–Trinajstić information content (AvgIpc) is 2.59. The van der Waals surface area contributed by atoms with E-state index in [2.05, 4.69) is 35.2 Å². The fourth-order valence-electron chi connectivity index (χ4n) is 3.19. The maximum Gasteiger partial charge on any atom is 0.119 e. The maximum atomic E-state index is 5.88. The monoisotopic (exact) mass is 365 g/mol. The smallest absolute Gasteiger partial charge is 0.119 e. The van der Waals surface area contributed by atoms with Crippen molar-refractivity contribution in [1.29, 1.82) is 0 Å². The van der Waals surface area contributed by atoms with Crippen LogP contribution in [0.25, 0.3) is 0 Å². The summed E-state index contributed by atoms with van der Waals surface area (Å²) in [5.74, 6) is 1.72. The lowest BCUT2D eigenvalue weighted by Gasteiger charge is -2.31. The van der Waals surface area contributed by atoms with Crippen molar-refractivity contribution in [2.24, 2.45) is 5.92 Å². The fourth-order valence-corrected chi connectivity index (χ4v) is 3.31. The number of halogens is 2. The van der Waals surface area contributed by atoms with Gasteiger partial charge in [-0.1, -0.05) is 41.9 Å². The lowest BCUT2D eigenvalue weighted by Crippen LogP contribution is -2.36. The van der Waals surface area contributed by atoms with Crippen LogP contribution in [-0.4, -0.2) is 31.1 Å². The van der Waals surface area contributed by atoms with Gasteiger partial charge in [-0.15, -0.1) is 12.4 Å². The Morgan fingerprint density at radius 2 is 1.62 bits per heavy atom. The lowest BCUT2D eigenvalue weighted by atomic mass is 9.90. The van der Waals surface area contributed by atoms with Crippen molar-refractivity contribution in [2.75, 3.05) is 26.2 Å². The highest BCUT2D eigenvalue weighted by Gasteiger charge is 2.19. The first-order valence-electron chi connectivity index (χ1n) is 8.44. The van der Waals surface area contributed by atoms with Crippen LogP contribution in [-0.2, 0) is 6.42 Å². The molecule has 0 atom stereocenters. The Hall–Kier alpha value is -1.22. The molecule has 0 unspecified atom stereocenters. The number of nitrogens with zero attached hydrogens (tertiary/aromatic N) is 1. The van der Waals surface area contributed by atoms with Gasteiger partial charge in [-0.2, -0.15) is 0 Å². The van der Waals surface area contributed by atoms with E-state index in [4.69, 9.17) is 16.3 Å². The van der Waals surface area contributed by atoms with Crippen LogP contribution in [0.15, 0.2) is 54.6 Å². The summed E-state index contributed by atoms with van der Waals surface area (Å²) in [5, 5.41) is 0.748. The van der Waals surface area contributed by atoms with Crippen molar-refractivity contribution in [1.82, 2.24) is 4.90 Å². The van der Waals surface area contributed by atoms with Crippen molar-refractivity contribution in [3.63, 3.8) is 0 Å². The number of hydrogen-bond donors (Lipinski definition) is 0. The van der Waals surface area contributed by atoms with Crippen molar-refractivity contribution in [3.05, 3.63) is 65.2 Å². The summed E-state index contributed by atoms with van der Waals surface area (Å²) < 4.78 is 5.79. The highest BCUT2D eigenvalue weighted by atomic mass is 35.5. The SMILES string of the molecule is Cl.Clc1ccc(OCCN2CCC(Cc3ccccc3)CC2)cc1. The second kappa shape index (κ2) is 9.93. The molecule has 0 N–H and O–H groups in total. The minimum absolute atomic E-state index is 0. The molecule has 1 fully saturated rings. The minimum atomic E-state index is 0. The predicted octanol–water partition coefficient (Wildman–Crippen LogP) is 5.10. The van der Waals surface area contributed by atoms with Gasteiger partial charge in [-0.25, -0.2) is 0 Å². The number of ether oxygens (including phenoxy) is 1. The Kier molecular flexibility index (Phi) is 7.90. The fraction of sp³-hybridized carbons (Fsp3) is 0.400. The molecule has 2 aromatic carbocycles. The molecule has 1 heterocycles. The molecule has 0 bridgehead atoms. The van der Waals surface area contributed by atoms with E-state index in [1.807, 2.05) is 24.3 Å². The van der Waals surface area contributed by atoms with Crippen LogP contribution < -0.4 is 4.74 Å². The normalized spacial score (nSPS) is 15.7. The Morgan fingerprint density at radius 3 is 2.29 bits per heavy atom. The van der Waals surface area contributed by atoms with E-state index in [1.165, 1.54) is 37.9 Å². The van der Waals surface area contributed by atoms with Crippen LogP contribution in [0.2, 0.25) is 5.02 Å². The van der Waals surface area contributed by atoms with Crippen LogP contribution >= 0.6 is 24.0 Å². The summed E-state index contributed by atoms with van der Waals surface area (Å²) in [6.07, 6.45) is 3.79. The lowest BCUT2D eigenvalue weighted by molar-refractivity contribution is 0.155. The molecule has 3 rings (SSSR count). The van der Waals surface area contributed by atoms with Gasteiger partial charge in [-0.3, -0.25) is 4.90 Å². The third-order valence-electron chi connectivity index (χ3n) is 4.56.